The molecule has 16 heavy (non-hydrogen) atoms. The summed E-state index contributed by atoms with van der Waals surface area (Å²) in [6, 6.07) is 4.03. The van der Waals surface area contributed by atoms with Gasteiger partial charge in [0.2, 0.25) is 0 Å². The normalized spacial score (nSPS) is 14.8. The first-order valence-corrected chi connectivity index (χ1v) is 5.97. The van der Waals surface area contributed by atoms with Crippen LogP contribution in [-0.4, -0.2) is 23.2 Å². The third-order valence-corrected chi connectivity index (χ3v) is 2.87. The van der Waals surface area contributed by atoms with Gasteiger partial charge in [0.1, 0.15) is 5.15 Å². The summed E-state index contributed by atoms with van der Waals surface area (Å²) in [5.41, 5.74) is 1.13. The summed E-state index contributed by atoms with van der Waals surface area (Å²) in [5.74, 6) is 0.479. The van der Waals surface area contributed by atoms with Crippen molar-refractivity contribution in [2.24, 2.45) is 5.92 Å². The highest BCUT2D eigenvalue weighted by molar-refractivity contribution is 6.29. The molecule has 0 fully saturated rings. The number of aliphatic hydroxyl groups is 1. The van der Waals surface area contributed by atoms with E-state index < -0.39 is 0 Å². The summed E-state index contributed by atoms with van der Waals surface area (Å²) < 4.78 is 0. The van der Waals surface area contributed by atoms with Gasteiger partial charge in [0.25, 0.3) is 0 Å². The van der Waals surface area contributed by atoms with Crippen molar-refractivity contribution >= 4 is 11.6 Å². The van der Waals surface area contributed by atoms with Gasteiger partial charge in [-0.1, -0.05) is 24.6 Å². The molecule has 0 radical (unpaired) electrons. The summed E-state index contributed by atoms with van der Waals surface area (Å²) in [7, 11) is 0. The zero-order valence-electron chi connectivity index (χ0n) is 9.78. The summed E-state index contributed by atoms with van der Waals surface area (Å²) in [4.78, 5) is 4.05. The highest BCUT2D eigenvalue weighted by Crippen LogP contribution is 2.13. The molecule has 0 aliphatic heterocycles. The lowest BCUT2D eigenvalue weighted by atomic mass is 10.1. The Morgan fingerprint density at radius 3 is 2.75 bits per heavy atom. The third-order valence-electron chi connectivity index (χ3n) is 2.64. The molecular weight excluding hydrogens is 224 g/mol. The molecule has 3 nitrogen and oxygen atoms in total. The van der Waals surface area contributed by atoms with Crippen molar-refractivity contribution < 1.29 is 5.11 Å². The Labute approximate surface area is 102 Å². The number of nitrogens with one attached hydrogen (secondary N) is 1. The van der Waals surface area contributed by atoms with Crippen molar-refractivity contribution in [1.29, 1.82) is 0 Å². The molecule has 1 aromatic heterocycles. The van der Waals surface area contributed by atoms with E-state index in [0.29, 0.717) is 11.1 Å². The minimum Gasteiger partial charge on any atom is -0.396 e. The molecule has 2 N–H and O–H groups in total. The van der Waals surface area contributed by atoms with Gasteiger partial charge in [-0.2, -0.15) is 0 Å². The minimum absolute atomic E-state index is 0.250. The molecule has 0 saturated heterocycles. The molecule has 2 atom stereocenters. The van der Waals surface area contributed by atoms with Crippen LogP contribution in [0.3, 0.4) is 0 Å². The smallest absolute Gasteiger partial charge is 0.129 e. The van der Waals surface area contributed by atoms with E-state index in [1.807, 2.05) is 6.07 Å². The minimum atomic E-state index is 0.250. The second-order valence-corrected chi connectivity index (χ2v) is 4.55. The number of pyridine rings is 1. The van der Waals surface area contributed by atoms with Crippen LogP contribution < -0.4 is 5.32 Å². The topological polar surface area (TPSA) is 45.1 Å². The summed E-state index contributed by atoms with van der Waals surface area (Å²) in [6.07, 6.45) is 2.62. The standard InChI is InChI=1S/C12H19ClN2O/c1-9(5-6-16)7-14-10(2)11-3-4-12(13)15-8-11/h3-4,8-10,14,16H,5-7H2,1-2H3. The number of nitrogens with zero attached hydrogens (tertiary/aromatic N) is 1. The number of aliphatic hydroxyl groups excluding tert-OH is 1. The van der Waals surface area contributed by atoms with Crippen molar-refractivity contribution in [2.75, 3.05) is 13.2 Å². The van der Waals surface area contributed by atoms with Crippen molar-refractivity contribution in [3.05, 3.63) is 29.0 Å². The van der Waals surface area contributed by atoms with Gasteiger partial charge in [0.15, 0.2) is 0 Å². The van der Waals surface area contributed by atoms with E-state index in [1.165, 1.54) is 0 Å². The van der Waals surface area contributed by atoms with Gasteiger partial charge in [-0.15, -0.1) is 0 Å². The Bertz CT molecular complexity index is 302. The third kappa shape index (κ3) is 4.47. The average molecular weight is 243 g/mol. The average Bonchev–Trinajstić information content (AvgIpc) is 2.27. The molecule has 0 saturated carbocycles. The molecule has 1 heterocycles. The number of hydrogen-bond acceptors (Lipinski definition) is 3. The van der Waals surface area contributed by atoms with Gasteiger partial charge < -0.3 is 10.4 Å². The van der Waals surface area contributed by atoms with Crippen LogP contribution in [0.1, 0.15) is 31.9 Å². The predicted molar refractivity (Wildman–Crippen MR) is 66.5 cm³/mol. The lowest BCUT2D eigenvalue weighted by molar-refractivity contribution is 0.258. The molecule has 4 heteroatoms. The van der Waals surface area contributed by atoms with E-state index in [9.17, 15) is 0 Å². The fraction of sp³-hybridized carbons (Fsp3) is 0.583. The fourth-order valence-electron chi connectivity index (χ4n) is 1.46. The zero-order chi connectivity index (χ0) is 12.0. The molecule has 0 aliphatic rings. The van der Waals surface area contributed by atoms with Gasteiger partial charge in [-0.25, -0.2) is 4.98 Å². The number of halogens is 1. The van der Waals surface area contributed by atoms with E-state index in [4.69, 9.17) is 16.7 Å². The van der Waals surface area contributed by atoms with Gasteiger partial charge >= 0.3 is 0 Å². The van der Waals surface area contributed by atoms with E-state index in [0.717, 1.165) is 18.5 Å². The zero-order valence-corrected chi connectivity index (χ0v) is 10.5. The largest absolute Gasteiger partial charge is 0.396 e. The molecule has 0 bridgehead atoms. The van der Waals surface area contributed by atoms with Gasteiger partial charge in [-0.05, 0) is 37.4 Å². The molecule has 1 rings (SSSR count). The van der Waals surface area contributed by atoms with E-state index in [2.05, 4.69) is 24.1 Å². The lowest BCUT2D eigenvalue weighted by Gasteiger charge is -2.17. The molecule has 1 aromatic rings. The molecule has 0 spiro atoms. The van der Waals surface area contributed by atoms with Gasteiger partial charge in [0, 0.05) is 18.8 Å². The Kier molecular flexibility index (Phi) is 5.74. The van der Waals surface area contributed by atoms with Crippen molar-refractivity contribution in [3.63, 3.8) is 0 Å². The molecular formula is C12H19ClN2O. The molecule has 90 valence electrons. The van der Waals surface area contributed by atoms with Crippen LogP contribution in [0.5, 0.6) is 0 Å². The number of rotatable bonds is 6. The van der Waals surface area contributed by atoms with E-state index in [1.54, 1.807) is 12.3 Å². The van der Waals surface area contributed by atoms with Crippen molar-refractivity contribution in [3.8, 4) is 0 Å². The molecule has 0 aliphatic carbocycles. The van der Waals surface area contributed by atoms with Gasteiger partial charge in [0.05, 0.1) is 0 Å². The Morgan fingerprint density at radius 2 is 2.19 bits per heavy atom. The predicted octanol–water partition coefficient (Wildman–Crippen LogP) is 2.40. The fourth-order valence-corrected chi connectivity index (χ4v) is 1.57. The lowest BCUT2D eigenvalue weighted by Crippen LogP contribution is -2.25. The maximum absolute atomic E-state index is 8.80. The van der Waals surface area contributed by atoms with Crippen LogP contribution in [0.25, 0.3) is 0 Å². The second-order valence-electron chi connectivity index (χ2n) is 4.16. The number of aromatic nitrogens is 1. The summed E-state index contributed by atoms with van der Waals surface area (Å²) in [6.45, 7) is 5.36. The van der Waals surface area contributed by atoms with E-state index in [-0.39, 0.29) is 12.6 Å². The maximum atomic E-state index is 8.80. The maximum Gasteiger partial charge on any atom is 0.129 e. The Balaban J connectivity index is 2.40. The van der Waals surface area contributed by atoms with Crippen LogP contribution in [0.15, 0.2) is 18.3 Å². The van der Waals surface area contributed by atoms with Crippen LogP contribution in [0.2, 0.25) is 5.15 Å². The van der Waals surface area contributed by atoms with Crippen molar-refractivity contribution in [1.82, 2.24) is 10.3 Å². The summed E-state index contributed by atoms with van der Waals surface area (Å²) in [5, 5.41) is 12.7. The van der Waals surface area contributed by atoms with Crippen LogP contribution in [-0.2, 0) is 0 Å². The van der Waals surface area contributed by atoms with Crippen LogP contribution in [0, 0.1) is 5.92 Å². The summed E-state index contributed by atoms with van der Waals surface area (Å²) >= 11 is 5.73. The Hall–Kier alpha value is -0.640. The Morgan fingerprint density at radius 1 is 1.44 bits per heavy atom. The van der Waals surface area contributed by atoms with Crippen LogP contribution in [0.4, 0.5) is 0 Å². The van der Waals surface area contributed by atoms with Crippen LogP contribution >= 0.6 is 11.6 Å². The quantitative estimate of drug-likeness (QED) is 0.753. The molecule has 0 aromatic carbocycles. The van der Waals surface area contributed by atoms with E-state index >= 15 is 0 Å². The highest BCUT2D eigenvalue weighted by Gasteiger charge is 2.07. The second kappa shape index (κ2) is 6.84. The SMILES string of the molecule is CC(CCO)CNC(C)c1ccc(Cl)nc1. The monoisotopic (exact) mass is 242 g/mol. The first-order chi connectivity index (χ1) is 7.63. The van der Waals surface area contributed by atoms with Crippen molar-refractivity contribution in [2.45, 2.75) is 26.3 Å². The molecule has 2 unspecified atom stereocenters. The first kappa shape index (κ1) is 13.4. The number of hydrogen-bond donors (Lipinski definition) is 2. The van der Waals surface area contributed by atoms with Gasteiger partial charge in [-0.3, -0.25) is 0 Å². The highest BCUT2D eigenvalue weighted by atomic mass is 35.5. The first-order valence-electron chi connectivity index (χ1n) is 5.59. The molecule has 0 amide bonds.